The van der Waals surface area contributed by atoms with Gasteiger partial charge >= 0.3 is 5.97 Å². The summed E-state index contributed by atoms with van der Waals surface area (Å²) in [6.07, 6.45) is 0.958. The van der Waals surface area contributed by atoms with Crippen molar-refractivity contribution in [1.29, 1.82) is 0 Å². The minimum Gasteiger partial charge on any atom is -0.454 e. The van der Waals surface area contributed by atoms with Crippen LogP contribution < -0.4 is 0 Å². The Kier molecular flexibility index (Phi) is 10.7. The van der Waals surface area contributed by atoms with Crippen LogP contribution in [0.3, 0.4) is 0 Å². The van der Waals surface area contributed by atoms with E-state index in [4.69, 9.17) is 12.6 Å². The lowest BCUT2D eigenvalue weighted by Crippen LogP contribution is -2.42. The van der Waals surface area contributed by atoms with E-state index in [2.05, 4.69) is 20.4 Å². The van der Waals surface area contributed by atoms with Gasteiger partial charge in [-0.15, -0.1) is 0 Å². The van der Waals surface area contributed by atoms with E-state index in [0.29, 0.717) is 0 Å². The molecule has 4 heteroatoms. The molecule has 0 aromatic heterocycles. The molecule has 0 N–H and O–H groups in total. The SMILES string of the molecule is C=C(C)C(C)(C)C(C)=C(C)C(C)(C)OC(=O)C(C)(C)C(=O)Cc1ccccc1.[B]CC. The van der Waals surface area contributed by atoms with E-state index in [1.165, 1.54) is 0 Å². The van der Waals surface area contributed by atoms with Crippen molar-refractivity contribution in [3.63, 3.8) is 0 Å². The molecule has 0 bridgehead atoms. The van der Waals surface area contributed by atoms with Crippen LogP contribution >= 0.6 is 0 Å². The molecule has 0 heterocycles. The van der Waals surface area contributed by atoms with Crippen molar-refractivity contribution < 1.29 is 14.3 Å². The first kappa shape index (κ1) is 28.9. The zero-order valence-electron chi connectivity index (χ0n) is 21.3. The number of allylic oxidation sites excluding steroid dienone is 2. The molecule has 0 atom stereocenters. The predicted molar refractivity (Wildman–Crippen MR) is 132 cm³/mol. The van der Waals surface area contributed by atoms with Gasteiger partial charge in [-0.25, -0.2) is 0 Å². The highest BCUT2D eigenvalue weighted by Gasteiger charge is 2.41. The molecule has 0 aliphatic rings. The van der Waals surface area contributed by atoms with E-state index in [-0.39, 0.29) is 17.6 Å². The summed E-state index contributed by atoms with van der Waals surface area (Å²) in [5, 5.41) is 0. The van der Waals surface area contributed by atoms with Crippen molar-refractivity contribution in [3.8, 4) is 0 Å². The number of ketones is 1. The maximum Gasteiger partial charge on any atom is 0.319 e. The van der Waals surface area contributed by atoms with Gasteiger partial charge in [-0.1, -0.05) is 75.1 Å². The lowest BCUT2D eigenvalue weighted by Gasteiger charge is -2.36. The van der Waals surface area contributed by atoms with E-state index in [1.54, 1.807) is 13.8 Å². The second-order valence-electron chi connectivity index (χ2n) is 9.67. The summed E-state index contributed by atoms with van der Waals surface area (Å²) in [4.78, 5) is 25.7. The summed E-state index contributed by atoms with van der Waals surface area (Å²) in [6.45, 7) is 23.3. The Hall–Kier alpha value is -2.10. The van der Waals surface area contributed by atoms with Gasteiger partial charge in [-0.05, 0) is 59.6 Å². The van der Waals surface area contributed by atoms with Gasteiger partial charge < -0.3 is 4.74 Å². The van der Waals surface area contributed by atoms with Gasteiger partial charge in [-0.3, -0.25) is 9.59 Å². The average molecular weight is 424 g/mol. The fraction of sp³-hybridized carbons (Fsp3) is 0.556. The molecule has 0 aliphatic heterocycles. The van der Waals surface area contributed by atoms with Crippen LogP contribution in [0.2, 0.25) is 6.32 Å². The van der Waals surface area contributed by atoms with Crippen molar-refractivity contribution in [1.82, 2.24) is 0 Å². The van der Waals surface area contributed by atoms with Crippen LogP contribution in [-0.2, 0) is 20.7 Å². The molecule has 1 aromatic carbocycles. The standard InChI is InChI=1S/C25H36O3.C2H5B/c1-17(2)23(5,6)18(3)19(4)25(9,10)28-22(27)24(7,8)21(26)16-20-14-12-11-13-15-20;1-2-3/h11-15H,1,16H2,2-10H3;2H2,1H3. The molecule has 0 saturated heterocycles. The molecular weight excluding hydrogens is 383 g/mol. The lowest BCUT2D eigenvalue weighted by atomic mass is 9.75. The van der Waals surface area contributed by atoms with Gasteiger partial charge in [-0.2, -0.15) is 0 Å². The fourth-order valence-corrected chi connectivity index (χ4v) is 2.79. The number of benzene rings is 1. The number of carbonyl (C=O) groups excluding carboxylic acids is 2. The third kappa shape index (κ3) is 7.83. The summed E-state index contributed by atoms with van der Waals surface area (Å²) in [6, 6.07) is 9.45. The molecule has 0 aliphatic carbocycles. The third-order valence-electron chi connectivity index (χ3n) is 6.23. The van der Waals surface area contributed by atoms with Crippen LogP contribution in [0, 0.1) is 10.8 Å². The summed E-state index contributed by atoms with van der Waals surface area (Å²) in [5.41, 5.74) is 1.79. The first-order valence-corrected chi connectivity index (χ1v) is 10.9. The fourth-order valence-electron chi connectivity index (χ4n) is 2.79. The number of hydrogen-bond donors (Lipinski definition) is 0. The normalized spacial score (nSPS) is 12.8. The molecule has 1 rings (SSSR count). The summed E-state index contributed by atoms with van der Waals surface area (Å²) < 4.78 is 5.87. The highest BCUT2D eigenvalue weighted by atomic mass is 16.6. The van der Waals surface area contributed by atoms with Gasteiger partial charge in [0.1, 0.15) is 11.0 Å². The Bertz CT molecular complexity index is 799. The van der Waals surface area contributed by atoms with Crippen LogP contribution in [0.15, 0.2) is 53.6 Å². The average Bonchev–Trinajstić information content (AvgIpc) is 2.67. The summed E-state index contributed by atoms with van der Waals surface area (Å²) >= 11 is 0. The molecule has 170 valence electrons. The first-order chi connectivity index (χ1) is 14.0. The van der Waals surface area contributed by atoms with E-state index in [0.717, 1.165) is 28.6 Å². The van der Waals surface area contributed by atoms with Crippen molar-refractivity contribution in [2.75, 3.05) is 0 Å². The second kappa shape index (κ2) is 11.5. The molecule has 0 spiro atoms. The van der Waals surface area contributed by atoms with Crippen LogP contribution in [0.5, 0.6) is 0 Å². The molecule has 31 heavy (non-hydrogen) atoms. The van der Waals surface area contributed by atoms with Crippen molar-refractivity contribution in [2.24, 2.45) is 10.8 Å². The van der Waals surface area contributed by atoms with Gasteiger partial charge in [0.2, 0.25) is 0 Å². The van der Waals surface area contributed by atoms with E-state index >= 15 is 0 Å². The Morgan fingerprint density at radius 2 is 1.35 bits per heavy atom. The molecule has 0 fully saturated rings. The third-order valence-corrected chi connectivity index (χ3v) is 6.23. The number of hydrogen-bond acceptors (Lipinski definition) is 3. The van der Waals surface area contributed by atoms with Gasteiger partial charge in [0.25, 0.3) is 0 Å². The highest BCUT2D eigenvalue weighted by Crippen LogP contribution is 2.39. The smallest absolute Gasteiger partial charge is 0.319 e. The van der Waals surface area contributed by atoms with Gasteiger partial charge in [0.15, 0.2) is 5.78 Å². The molecule has 0 unspecified atom stereocenters. The van der Waals surface area contributed by atoms with E-state index < -0.39 is 17.0 Å². The summed E-state index contributed by atoms with van der Waals surface area (Å²) in [5.74, 6) is -0.654. The first-order valence-electron chi connectivity index (χ1n) is 10.9. The number of Topliss-reactive ketones (excluding diaryl/α,β-unsaturated/α-hetero) is 1. The molecule has 0 amide bonds. The van der Waals surface area contributed by atoms with E-state index in [1.807, 2.05) is 71.9 Å². The molecule has 2 radical (unpaired) electrons. The topological polar surface area (TPSA) is 43.4 Å². The largest absolute Gasteiger partial charge is 0.454 e. The predicted octanol–water partition coefficient (Wildman–Crippen LogP) is 6.68. The molecule has 0 saturated carbocycles. The maximum absolute atomic E-state index is 12.9. The zero-order chi connectivity index (χ0) is 24.6. The van der Waals surface area contributed by atoms with Crippen molar-refractivity contribution >= 4 is 19.6 Å². The van der Waals surface area contributed by atoms with Crippen molar-refractivity contribution in [3.05, 3.63) is 59.2 Å². The minimum absolute atomic E-state index is 0.153. The van der Waals surface area contributed by atoms with Crippen LogP contribution in [0.1, 0.15) is 74.8 Å². The Morgan fingerprint density at radius 1 is 0.903 bits per heavy atom. The molecule has 3 nitrogen and oxygen atoms in total. The zero-order valence-corrected chi connectivity index (χ0v) is 21.3. The quantitative estimate of drug-likeness (QED) is 0.202. The highest BCUT2D eigenvalue weighted by molar-refractivity contribution is 6.08. The number of esters is 1. The van der Waals surface area contributed by atoms with E-state index in [9.17, 15) is 9.59 Å². The molecular formula is C27H41BO3. The summed E-state index contributed by atoms with van der Waals surface area (Å²) in [7, 11) is 4.85. The van der Waals surface area contributed by atoms with Crippen LogP contribution in [0.25, 0.3) is 0 Å². The number of rotatable bonds is 8. The van der Waals surface area contributed by atoms with Gasteiger partial charge in [0, 0.05) is 11.8 Å². The van der Waals surface area contributed by atoms with Gasteiger partial charge in [0.05, 0.1) is 7.85 Å². The number of ether oxygens (including phenoxy) is 1. The Morgan fingerprint density at radius 3 is 1.77 bits per heavy atom. The lowest BCUT2D eigenvalue weighted by molar-refractivity contribution is -0.166. The Balaban J connectivity index is 0.00000282. The van der Waals surface area contributed by atoms with Crippen LogP contribution in [-0.4, -0.2) is 25.2 Å². The van der Waals surface area contributed by atoms with Crippen molar-refractivity contribution in [2.45, 2.75) is 87.6 Å². The molecule has 1 aromatic rings. The maximum atomic E-state index is 12.9. The monoisotopic (exact) mass is 424 g/mol. The second-order valence-corrected chi connectivity index (χ2v) is 9.67. The minimum atomic E-state index is -1.22. The number of carbonyl (C=O) groups is 2. The Labute approximate surface area is 191 Å². The van der Waals surface area contributed by atoms with Crippen LogP contribution in [0.4, 0.5) is 0 Å².